The topological polar surface area (TPSA) is 21.3 Å². The Bertz CT molecular complexity index is 3150. The smallest absolute Gasteiger partial charge is 0.136 e. The average Bonchev–Trinajstić information content (AvgIpc) is 3.81. The molecule has 11 rings (SSSR count). The average molecular weight is 703 g/mol. The van der Waals surface area contributed by atoms with Crippen molar-refractivity contribution in [2.75, 3.05) is 4.90 Å². The highest BCUT2D eigenvalue weighted by Crippen LogP contribution is 2.45. The third kappa shape index (κ3) is 5.13. The molecule has 0 amide bonds. The van der Waals surface area contributed by atoms with Crippen LogP contribution in [0.5, 0.6) is 0 Å². The second-order valence-corrected chi connectivity index (χ2v) is 14.1. The summed E-state index contributed by atoms with van der Waals surface area (Å²) in [4.78, 5) is 2.39. The van der Waals surface area contributed by atoms with E-state index < -0.39 is 0 Å². The summed E-state index contributed by atoms with van der Waals surface area (Å²) in [5, 5.41) is 7.20. The number of rotatable bonds is 6. The maximum absolute atomic E-state index is 6.34. The summed E-state index contributed by atoms with van der Waals surface area (Å²) >= 11 is 0. The highest BCUT2D eigenvalue weighted by atomic mass is 16.3. The van der Waals surface area contributed by atoms with Crippen molar-refractivity contribution < 1.29 is 4.42 Å². The van der Waals surface area contributed by atoms with Crippen molar-refractivity contribution in [1.82, 2.24) is 4.57 Å². The summed E-state index contributed by atoms with van der Waals surface area (Å²) in [7, 11) is 0. The molecule has 55 heavy (non-hydrogen) atoms. The summed E-state index contributed by atoms with van der Waals surface area (Å²) in [5.74, 6) is 0. The molecular weight excluding hydrogens is 669 g/mol. The van der Waals surface area contributed by atoms with Crippen molar-refractivity contribution in [3.05, 3.63) is 206 Å². The number of nitrogens with zero attached hydrogens (tertiary/aromatic N) is 2. The molecule has 0 spiro atoms. The molecule has 0 unspecified atom stereocenters. The lowest BCUT2D eigenvalue weighted by molar-refractivity contribution is 0.669. The van der Waals surface area contributed by atoms with Crippen molar-refractivity contribution in [3.63, 3.8) is 0 Å². The molecule has 0 aliphatic heterocycles. The van der Waals surface area contributed by atoms with E-state index in [1.807, 2.05) is 12.1 Å². The van der Waals surface area contributed by atoms with Gasteiger partial charge in [-0.2, -0.15) is 0 Å². The van der Waals surface area contributed by atoms with Crippen molar-refractivity contribution in [3.8, 4) is 27.9 Å². The maximum Gasteiger partial charge on any atom is 0.136 e. The van der Waals surface area contributed by atoms with Gasteiger partial charge >= 0.3 is 0 Å². The fraction of sp³-hybridized carbons (Fsp3) is 0. The highest BCUT2D eigenvalue weighted by Gasteiger charge is 2.21. The third-order valence-corrected chi connectivity index (χ3v) is 11.0. The standard InChI is InChI=1S/C52H34N2O/c1-2-13-38-34-41(33-28-35(38)12-1)53(47-19-7-5-16-44(47)45-18-11-23-51-52(45)46-17-6-10-22-50(46)55-51)39-29-24-36(25-30-39)37-26-31-40(32-27-37)54-48-20-8-3-14-42(48)43-15-4-9-21-49(43)54/h1-34H. The first-order chi connectivity index (χ1) is 27.3. The van der Waals surface area contributed by atoms with Gasteiger partial charge in [-0.25, -0.2) is 0 Å². The van der Waals surface area contributed by atoms with E-state index in [0.29, 0.717) is 0 Å². The summed E-state index contributed by atoms with van der Waals surface area (Å²) in [5.41, 5.74) is 13.3. The molecule has 0 N–H and O–H groups in total. The fourth-order valence-electron chi connectivity index (χ4n) is 8.45. The molecule has 3 nitrogen and oxygen atoms in total. The Morgan fingerprint density at radius 1 is 0.382 bits per heavy atom. The van der Waals surface area contributed by atoms with Crippen LogP contribution >= 0.6 is 0 Å². The Morgan fingerprint density at radius 3 is 1.71 bits per heavy atom. The largest absolute Gasteiger partial charge is 0.456 e. The molecule has 0 fully saturated rings. The molecule has 2 heterocycles. The number of anilines is 3. The molecule has 11 aromatic rings. The lowest BCUT2D eigenvalue weighted by atomic mass is 9.96. The van der Waals surface area contributed by atoms with Gasteiger partial charge in [-0.05, 0) is 94.2 Å². The predicted molar refractivity (Wildman–Crippen MR) is 231 cm³/mol. The van der Waals surface area contributed by atoms with Gasteiger partial charge in [-0.1, -0.05) is 140 Å². The Balaban J connectivity index is 1.03. The SMILES string of the molecule is c1ccc(N(c2ccc(-c3ccc(-n4c5ccccc5c5ccccc54)cc3)cc2)c2ccc3ccccc3c2)c(-c2cccc3oc4ccccc4c23)c1. The van der Waals surface area contributed by atoms with Crippen LogP contribution in [0.15, 0.2) is 211 Å². The molecule has 0 radical (unpaired) electrons. The number of hydrogen-bond donors (Lipinski definition) is 0. The van der Waals surface area contributed by atoms with Gasteiger partial charge in [-0.3, -0.25) is 0 Å². The quantitative estimate of drug-likeness (QED) is 0.172. The lowest BCUT2D eigenvalue weighted by Crippen LogP contribution is -2.11. The van der Waals surface area contributed by atoms with E-state index in [0.717, 1.165) is 55.8 Å². The molecule has 0 saturated carbocycles. The number of aromatic nitrogens is 1. The molecule has 0 atom stereocenters. The number of benzene rings is 9. The van der Waals surface area contributed by atoms with Gasteiger partial charge in [0.15, 0.2) is 0 Å². The van der Waals surface area contributed by atoms with Crippen LogP contribution in [-0.2, 0) is 0 Å². The van der Waals surface area contributed by atoms with Crippen LogP contribution in [0.4, 0.5) is 17.1 Å². The maximum atomic E-state index is 6.34. The van der Waals surface area contributed by atoms with Crippen LogP contribution in [0.1, 0.15) is 0 Å². The zero-order chi connectivity index (χ0) is 36.3. The molecule has 0 aliphatic carbocycles. The van der Waals surface area contributed by atoms with Crippen LogP contribution in [0.3, 0.4) is 0 Å². The van der Waals surface area contributed by atoms with E-state index in [4.69, 9.17) is 4.42 Å². The Hall–Kier alpha value is -7.36. The molecule has 3 heteroatoms. The molecule has 0 aliphatic rings. The second kappa shape index (κ2) is 12.6. The van der Waals surface area contributed by atoms with Gasteiger partial charge in [0.2, 0.25) is 0 Å². The van der Waals surface area contributed by atoms with Crippen LogP contribution in [0.25, 0.3) is 82.5 Å². The van der Waals surface area contributed by atoms with Gasteiger partial charge in [0, 0.05) is 44.2 Å². The minimum absolute atomic E-state index is 0.888. The van der Waals surface area contributed by atoms with E-state index >= 15 is 0 Å². The summed E-state index contributed by atoms with van der Waals surface area (Å²) in [6.07, 6.45) is 0. The Morgan fingerprint density at radius 2 is 0.945 bits per heavy atom. The Kier molecular flexibility index (Phi) is 7.17. The van der Waals surface area contributed by atoms with E-state index in [9.17, 15) is 0 Å². The molecule has 2 aromatic heterocycles. The highest BCUT2D eigenvalue weighted by molar-refractivity contribution is 6.14. The summed E-state index contributed by atoms with van der Waals surface area (Å²) < 4.78 is 8.70. The normalized spacial score (nSPS) is 11.6. The van der Waals surface area contributed by atoms with E-state index in [1.54, 1.807) is 0 Å². The lowest BCUT2D eigenvalue weighted by Gasteiger charge is -2.28. The zero-order valence-electron chi connectivity index (χ0n) is 29.9. The fourth-order valence-corrected chi connectivity index (χ4v) is 8.45. The first-order valence-corrected chi connectivity index (χ1v) is 18.8. The van der Waals surface area contributed by atoms with Gasteiger partial charge in [0.25, 0.3) is 0 Å². The van der Waals surface area contributed by atoms with Gasteiger partial charge in [0.1, 0.15) is 11.2 Å². The Labute approximate surface area is 318 Å². The van der Waals surface area contributed by atoms with Crippen molar-refractivity contribution in [2.24, 2.45) is 0 Å². The van der Waals surface area contributed by atoms with Crippen molar-refractivity contribution in [2.45, 2.75) is 0 Å². The molecule has 0 saturated heterocycles. The van der Waals surface area contributed by atoms with Crippen molar-refractivity contribution >= 4 is 71.6 Å². The molecule has 258 valence electrons. The van der Waals surface area contributed by atoms with Crippen LogP contribution in [0.2, 0.25) is 0 Å². The number of hydrogen-bond acceptors (Lipinski definition) is 2. The van der Waals surface area contributed by atoms with E-state index in [2.05, 4.69) is 204 Å². The molecule has 0 bridgehead atoms. The van der Waals surface area contributed by atoms with Crippen molar-refractivity contribution in [1.29, 1.82) is 0 Å². The van der Waals surface area contributed by atoms with Gasteiger partial charge in [-0.15, -0.1) is 0 Å². The number of fused-ring (bicyclic) bond motifs is 7. The van der Waals surface area contributed by atoms with Gasteiger partial charge < -0.3 is 13.9 Å². The first-order valence-electron chi connectivity index (χ1n) is 18.8. The zero-order valence-corrected chi connectivity index (χ0v) is 29.9. The van der Waals surface area contributed by atoms with Crippen LogP contribution in [-0.4, -0.2) is 4.57 Å². The second-order valence-electron chi connectivity index (χ2n) is 14.1. The third-order valence-electron chi connectivity index (χ3n) is 11.0. The monoisotopic (exact) mass is 702 g/mol. The minimum Gasteiger partial charge on any atom is -0.456 e. The molecule has 9 aromatic carbocycles. The van der Waals surface area contributed by atoms with Gasteiger partial charge in [0.05, 0.1) is 16.7 Å². The predicted octanol–water partition coefficient (Wildman–Crippen LogP) is 14.6. The minimum atomic E-state index is 0.888. The first kappa shape index (κ1) is 31.2. The van der Waals surface area contributed by atoms with E-state index in [-0.39, 0.29) is 0 Å². The number of furan rings is 1. The van der Waals surface area contributed by atoms with E-state index in [1.165, 1.54) is 43.7 Å². The van der Waals surface area contributed by atoms with Crippen LogP contribution in [0, 0.1) is 0 Å². The van der Waals surface area contributed by atoms with Crippen LogP contribution < -0.4 is 4.90 Å². The summed E-state index contributed by atoms with van der Waals surface area (Å²) in [6.45, 7) is 0. The number of para-hydroxylation sites is 4. The molecular formula is C52H34N2O. The summed E-state index contributed by atoms with van der Waals surface area (Å²) in [6, 6.07) is 74.0.